The Morgan fingerprint density at radius 1 is 1.30 bits per heavy atom. The quantitative estimate of drug-likeness (QED) is 0.734. The summed E-state index contributed by atoms with van der Waals surface area (Å²) in [5.41, 5.74) is 1.13. The highest BCUT2D eigenvalue weighted by Crippen LogP contribution is 2.13. The molecule has 2 N–H and O–H groups in total. The summed E-state index contributed by atoms with van der Waals surface area (Å²) in [6.07, 6.45) is 1.64. The topological polar surface area (TPSA) is 67.4 Å². The highest BCUT2D eigenvalue weighted by Gasteiger charge is 2.23. The van der Waals surface area contributed by atoms with Gasteiger partial charge in [0.25, 0.3) is 0 Å². The Kier molecular flexibility index (Phi) is 5.54. The Labute approximate surface area is 120 Å². The van der Waals surface area contributed by atoms with E-state index in [2.05, 4.69) is 17.0 Å². The Hall–Kier alpha value is -0.950. The predicted molar refractivity (Wildman–Crippen MR) is 78.2 cm³/mol. The Morgan fingerprint density at radius 3 is 2.65 bits per heavy atom. The molecule has 1 saturated heterocycles. The van der Waals surface area contributed by atoms with Gasteiger partial charge in [0.05, 0.1) is 11.5 Å². The van der Waals surface area contributed by atoms with Gasteiger partial charge in [-0.3, -0.25) is 0 Å². The van der Waals surface area contributed by atoms with Gasteiger partial charge < -0.3 is 10.1 Å². The zero-order chi connectivity index (χ0) is 14.4. The molecule has 1 aromatic carbocycles. The maximum absolute atomic E-state index is 12.2. The lowest BCUT2D eigenvalue weighted by Gasteiger charge is -2.11. The third-order valence-electron chi connectivity index (χ3n) is 3.33. The van der Waals surface area contributed by atoms with Gasteiger partial charge in [0.2, 0.25) is 10.0 Å². The highest BCUT2D eigenvalue weighted by molar-refractivity contribution is 7.89. The molecule has 5 nitrogen and oxygen atoms in total. The molecule has 20 heavy (non-hydrogen) atoms. The molecule has 6 heteroatoms. The maximum Gasteiger partial charge on any atom is 0.240 e. The molecule has 1 unspecified atom stereocenters. The van der Waals surface area contributed by atoms with Crippen LogP contribution in [0.3, 0.4) is 0 Å². The van der Waals surface area contributed by atoms with E-state index < -0.39 is 10.0 Å². The molecule has 1 heterocycles. The standard InChI is InChI=1S/C14H22N2O3S/c1-2-15-9-7-12-3-5-14(6-4-12)20(17,18)16-13-8-10-19-11-13/h3-6,13,15-16H,2,7-11H2,1H3. The predicted octanol–water partition coefficient (Wildman–Crippen LogP) is 0.906. The zero-order valence-electron chi connectivity index (χ0n) is 11.8. The van der Waals surface area contributed by atoms with Crippen molar-refractivity contribution >= 4 is 10.0 Å². The van der Waals surface area contributed by atoms with Crippen molar-refractivity contribution in [3.05, 3.63) is 29.8 Å². The lowest BCUT2D eigenvalue weighted by Crippen LogP contribution is -2.34. The second kappa shape index (κ2) is 7.17. The van der Waals surface area contributed by atoms with Crippen LogP contribution in [0.15, 0.2) is 29.2 Å². The van der Waals surface area contributed by atoms with E-state index >= 15 is 0 Å². The van der Waals surface area contributed by atoms with Crippen LogP contribution in [-0.4, -0.2) is 40.8 Å². The van der Waals surface area contributed by atoms with Crippen molar-refractivity contribution in [3.8, 4) is 0 Å². The van der Waals surface area contributed by atoms with Crippen LogP contribution in [0.5, 0.6) is 0 Å². The van der Waals surface area contributed by atoms with Gasteiger partial charge in [-0.25, -0.2) is 13.1 Å². The molecule has 2 rings (SSSR count). The molecule has 1 atom stereocenters. The van der Waals surface area contributed by atoms with Crippen molar-refractivity contribution in [2.24, 2.45) is 0 Å². The number of benzene rings is 1. The number of likely N-dealkylation sites (N-methyl/N-ethyl adjacent to an activating group) is 1. The SMILES string of the molecule is CCNCCc1ccc(S(=O)(=O)NC2CCOC2)cc1. The molecular formula is C14H22N2O3S. The molecule has 0 aromatic heterocycles. The van der Waals surface area contributed by atoms with Gasteiger partial charge >= 0.3 is 0 Å². The normalized spacial score (nSPS) is 19.4. The largest absolute Gasteiger partial charge is 0.380 e. The first-order valence-electron chi connectivity index (χ1n) is 7.01. The van der Waals surface area contributed by atoms with Crippen LogP contribution in [0.1, 0.15) is 18.9 Å². The van der Waals surface area contributed by atoms with Crippen LogP contribution in [0.2, 0.25) is 0 Å². The molecule has 0 aliphatic carbocycles. The lowest BCUT2D eigenvalue weighted by molar-refractivity contribution is 0.192. The summed E-state index contributed by atoms with van der Waals surface area (Å²) in [5.74, 6) is 0. The number of rotatable bonds is 7. The van der Waals surface area contributed by atoms with Crippen LogP contribution in [-0.2, 0) is 21.2 Å². The van der Waals surface area contributed by atoms with Crippen molar-refractivity contribution in [3.63, 3.8) is 0 Å². The second-order valence-corrected chi connectivity index (χ2v) is 6.64. The van der Waals surface area contributed by atoms with Gasteiger partial charge in [-0.1, -0.05) is 19.1 Å². The molecule has 1 fully saturated rings. The number of ether oxygens (including phenoxy) is 1. The third kappa shape index (κ3) is 4.28. The van der Waals surface area contributed by atoms with Crippen LogP contribution in [0.4, 0.5) is 0 Å². The second-order valence-electron chi connectivity index (χ2n) is 4.93. The van der Waals surface area contributed by atoms with Crippen molar-refractivity contribution in [2.75, 3.05) is 26.3 Å². The number of hydrogen-bond donors (Lipinski definition) is 2. The lowest BCUT2D eigenvalue weighted by atomic mass is 10.1. The molecule has 0 spiro atoms. The Balaban J connectivity index is 1.97. The number of sulfonamides is 1. The van der Waals surface area contributed by atoms with Crippen molar-refractivity contribution < 1.29 is 13.2 Å². The first-order chi connectivity index (χ1) is 9.62. The molecular weight excluding hydrogens is 276 g/mol. The summed E-state index contributed by atoms with van der Waals surface area (Å²) in [5, 5.41) is 3.25. The summed E-state index contributed by atoms with van der Waals surface area (Å²) in [4.78, 5) is 0.316. The average Bonchev–Trinajstić information content (AvgIpc) is 2.92. The van der Waals surface area contributed by atoms with E-state index in [9.17, 15) is 8.42 Å². The Morgan fingerprint density at radius 2 is 2.05 bits per heavy atom. The van der Waals surface area contributed by atoms with Crippen LogP contribution >= 0.6 is 0 Å². The molecule has 1 aliphatic heterocycles. The summed E-state index contributed by atoms with van der Waals surface area (Å²) < 4.78 is 32.2. The van der Waals surface area contributed by atoms with E-state index in [-0.39, 0.29) is 6.04 Å². The Bertz CT molecular complexity index is 508. The summed E-state index contributed by atoms with van der Waals surface area (Å²) in [6.45, 7) is 4.99. The molecule has 0 bridgehead atoms. The average molecular weight is 298 g/mol. The van der Waals surface area contributed by atoms with Crippen LogP contribution in [0, 0.1) is 0 Å². The minimum Gasteiger partial charge on any atom is -0.380 e. The van der Waals surface area contributed by atoms with E-state index in [1.807, 2.05) is 12.1 Å². The van der Waals surface area contributed by atoms with E-state index in [4.69, 9.17) is 4.74 Å². The summed E-state index contributed by atoms with van der Waals surface area (Å²) in [7, 11) is -3.43. The summed E-state index contributed by atoms with van der Waals surface area (Å²) in [6, 6.07) is 6.97. The van der Waals surface area contributed by atoms with Gasteiger partial charge in [-0.2, -0.15) is 0 Å². The van der Waals surface area contributed by atoms with E-state index in [0.29, 0.717) is 18.1 Å². The van der Waals surface area contributed by atoms with Gasteiger partial charge in [0.1, 0.15) is 0 Å². The van der Waals surface area contributed by atoms with Crippen molar-refractivity contribution in [1.82, 2.24) is 10.0 Å². The highest BCUT2D eigenvalue weighted by atomic mass is 32.2. The fourth-order valence-corrected chi connectivity index (χ4v) is 3.41. The third-order valence-corrected chi connectivity index (χ3v) is 4.86. The minimum absolute atomic E-state index is 0.103. The van der Waals surface area contributed by atoms with E-state index in [1.54, 1.807) is 12.1 Å². The first kappa shape index (κ1) is 15.4. The van der Waals surface area contributed by atoms with Crippen molar-refractivity contribution in [1.29, 1.82) is 0 Å². The fourth-order valence-electron chi connectivity index (χ4n) is 2.16. The molecule has 0 amide bonds. The zero-order valence-corrected chi connectivity index (χ0v) is 12.6. The smallest absolute Gasteiger partial charge is 0.240 e. The molecule has 1 aliphatic rings. The maximum atomic E-state index is 12.2. The van der Waals surface area contributed by atoms with Crippen LogP contribution in [0.25, 0.3) is 0 Å². The van der Waals surface area contributed by atoms with Crippen LogP contribution < -0.4 is 10.0 Å². The minimum atomic E-state index is -3.43. The number of nitrogens with one attached hydrogen (secondary N) is 2. The van der Waals surface area contributed by atoms with Gasteiger partial charge in [0.15, 0.2) is 0 Å². The van der Waals surface area contributed by atoms with E-state index in [0.717, 1.165) is 31.5 Å². The van der Waals surface area contributed by atoms with Gasteiger partial charge in [0, 0.05) is 12.6 Å². The molecule has 0 radical (unpaired) electrons. The monoisotopic (exact) mass is 298 g/mol. The summed E-state index contributed by atoms with van der Waals surface area (Å²) >= 11 is 0. The molecule has 0 saturated carbocycles. The van der Waals surface area contributed by atoms with Gasteiger partial charge in [-0.15, -0.1) is 0 Å². The van der Waals surface area contributed by atoms with Crippen molar-refractivity contribution in [2.45, 2.75) is 30.7 Å². The molecule has 1 aromatic rings. The first-order valence-corrected chi connectivity index (χ1v) is 8.50. The fraction of sp³-hybridized carbons (Fsp3) is 0.571. The number of hydrogen-bond acceptors (Lipinski definition) is 4. The molecule has 112 valence electrons. The van der Waals surface area contributed by atoms with E-state index in [1.165, 1.54) is 0 Å². The van der Waals surface area contributed by atoms with Gasteiger partial charge in [-0.05, 0) is 43.6 Å².